The summed E-state index contributed by atoms with van der Waals surface area (Å²) in [4.78, 5) is 38.3. The van der Waals surface area contributed by atoms with Crippen molar-refractivity contribution < 1.29 is 18.4 Å². The highest BCUT2D eigenvalue weighted by molar-refractivity contribution is 6.05. The van der Waals surface area contributed by atoms with Crippen molar-refractivity contribution in [1.29, 1.82) is 0 Å². The monoisotopic (exact) mass is 488 g/mol. The van der Waals surface area contributed by atoms with Gasteiger partial charge in [-0.2, -0.15) is 0 Å². The van der Waals surface area contributed by atoms with Gasteiger partial charge in [0.05, 0.1) is 18.6 Å². The predicted molar refractivity (Wildman–Crippen MR) is 130 cm³/mol. The first-order valence-electron chi connectivity index (χ1n) is 12.7. The fourth-order valence-corrected chi connectivity index (χ4v) is 5.55. The van der Waals surface area contributed by atoms with Crippen LogP contribution in [-0.4, -0.2) is 97.0 Å². The minimum atomic E-state index is -2.70. The molecule has 2 N–H and O–H groups in total. The van der Waals surface area contributed by atoms with Crippen LogP contribution in [0.3, 0.4) is 0 Å². The number of hydrogen-bond donors (Lipinski definition) is 2. The summed E-state index contributed by atoms with van der Waals surface area (Å²) < 4.78 is 26.0. The van der Waals surface area contributed by atoms with E-state index in [1.165, 1.54) is 0 Å². The fraction of sp³-hybridized carbons (Fsp3) is 0.680. The van der Waals surface area contributed by atoms with E-state index in [4.69, 9.17) is 4.99 Å². The number of hydrogen-bond acceptors (Lipinski definition) is 6. The molecule has 2 amide bonds. The van der Waals surface area contributed by atoms with E-state index in [-0.39, 0.29) is 48.7 Å². The van der Waals surface area contributed by atoms with E-state index in [0.29, 0.717) is 12.4 Å². The molecule has 3 fully saturated rings. The summed E-state index contributed by atoms with van der Waals surface area (Å²) in [5.41, 5.74) is 1.15. The molecule has 2 saturated heterocycles. The lowest BCUT2D eigenvalue weighted by molar-refractivity contribution is -0.148. The number of amidine groups is 1. The fourth-order valence-electron chi connectivity index (χ4n) is 5.55. The second kappa shape index (κ2) is 9.89. The number of nitrogens with one attached hydrogen (secondary N) is 2. The van der Waals surface area contributed by atoms with Crippen molar-refractivity contribution in [3.8, 4) is 0 Å². The van der Waals surface area contributed by atoms with Crippen LogP contribution >= 0.6 is 0 Å². The Morgan fingerprint density at radius 3 is 2.69 bits per heavy atom. The zero-order chi connectivity index (χ0) is 24.6. The van der Waals surface area contributed by atoms with Gasteiger partial charge < -0.3 is 10.6 Å². The summed E-state index contributed by atoms with van der Waals surface area (Å²) in [6.07, 6.45) is 8.91. The van der Waals surface area contributed by atoms with Crippen molar-refractivity contribution >= 4 is 23.9 Å². The van der Waals surface area contributed by atoms with Crippen LogP contribution in [0.25, 0.3) is 0 Å². The first-order valence-corrected chi connectivity index (χ1v) is 12.7. The molecule has 0 bridgehead atoms. The Balaban J connectivity index is 1.05. The lowest BCUT2D eigenvalue weighted by Gasteiger charge is -2.39. The Morgan fingerprint density at radius 2 is 2.03 bits per heavy atom. The third kappa shape index (κ3) is 5.53. The number of piperidine rings is 1. The normalized spacial score (nSPS) is 33.3. The van der Waals surface area contributed by atoms with Gasteiger partial charge in [0, 0.05) is 69.7 Å². The van der Waals surface area contributed by atoms with Crippen LogP contribution in [0.4, 0.5) is 8.78 Å². The van der Waals surface area contributed by atoms with E-state index >= 15 is 0 Å². The molecule has 10 heteroatoms. The predicted octanol–water partition coefficient (Wildman–Crippen LogP) is 1.40. The third-order valence-corrected chi connectivity index (χ3v) is 7.86. The molecule has 4 unspecified atom stereocenters. The van der Waals surface area contributed by atoms with E-state index in [9.17, 15) is 18.4 Å². The Hall–Kier alpha value is -2.46. The number of nitrogens with zero attached hydrogens (tertiary/aromatic N) is 4. The van der Waals surface area contributed by atoms with Gasteiger partial charge >= 0.3 is 0 Å². The molecule has 35 heavy (non-hydrogen) atoms. The zero-order valence-electron chi connectivity index (χ0n) is 20.1. The summed E-state index contributed by atoms with van der Waals surface area (Å²) in [5, 5.41) is 5.81. The van der Waals surface area contributed by atoms with Gasteiger partial charge in [-0.3, -0.25) is 29.4 Å². The molecule has 0 radical (unpaired) electrons. The number of carbonyl (C=O) groups is 2. The maximum Gasteiger partial charge on any atom is 0.249 e. The number of dihydropyridines is 2. The van der Waals surface area contributed by atoms with E-state index in [0.717, 1.165) is 51.1 Å². The molecule has 5 aliphatic rings. The van der Waals surface area contributed by atoms with Crippen LogP contribution in [0.2, 0.25) is 0 Å². The molecule has 5 rings (SSSR count). The Kier molecular flexibility index (Phi) is 6.85. The zero-order valence-corrected chi connectivity index (χ0v) is 20.1. The standard InChI is InChI=1S/C25H34F2N6O2/c1-2-17-10-20-21(30-23(17)34)9-16(13-28-20)15-32-5-7-33(8-6-32)19-3-4-22(29-14-19)31-24(35)18-11-25(26,27)12-18/h3-4,9,13,17-21H,2,5-8,10-12,14-15H2,1H3,(H,30,34)(H,29,31,35). The van der Waals surface area contributed by atoms with Crippen molar-refractivity contribution in [1.82, 2.24) is 20.4 Å². The second-order valence-corrected chi connectivity index (χ2v) is 10.4. The number of fused-ring (bicyclic) bond motifs is 1. The average Bonchev–Trinajstić information content (AvgIpc) is 2.83. The third-order valence-electron chi connectivity index (χ3n) is 7.86. The van der Waals surface area contributed by atoms with Gasteiger partial charge in [-0.1, -0.05) is 19.1 Å². The maximum absolute atomic E-state index is 13.0. The molecular weight excluding hydrogens is 454 g/mol. The SMILES string of the molecule is CCC1CC2N=CC(CN3CCN(C4C=CC(NC(=O)C5CC(F)(F)C5)=NC4)CC3)=CC2NC1=O. The van der Waals surface area contributed by atoms with Crippen molar-refractivity contribution in [2.75, 3.05) is 39.3 Å². The molecule has 4 heterocycles. The highest BCUT2D eigenvalue weighted by atomic mass is 19.3. The number of alkyl halides is 2. The number of carbonyl (C=O) groups excluding carboxylic acids is 2. The number of amides is 2. The van der Waals surface area contributed by atoms with Crippen LogP contribution < -0.4 is 10.6 Å². The van der Waals surface area contributed by atoms with Gasteiger partial charge in [-0.15, -0.1) is 0 Å². The Bertz CT molecular complexity index is 961. The smallest absolute Gasteiger partial charge is 0.249 e. The van der Waals surface area contributed by atoms with Crippen LogP contribution in [0.1, 0.15) is 32.6 Å². The highest BCUT2D eigenvalue weighted by Gasteiger charge is 2.48. The number of aliphatic imine (C=N–C) groups is 2. The molecule has 4 aliphatic heterocycles. The molecule has 0 spiro atoms. The van der Waals surface area contributed by atoms with Gasteiger partial charge in [0.15, 0.2) is 0 Å². The first kappa shape index (κ1) is 24.2. The lowest BCUT2D eigenvalue weighted by Crippen LogP contribution is -2.53. The topological polar surface area (TPSA) is 89.4 Å². The van der Waals surface area contributed by atoms with Crippen molar-refractivity contribution in [2.24, 2.45) is 21.8 Å². The van der Waals surface area contributed by atoms with Crippen molar-refractivity contribution in [3.63, 3.8) is 0 Å². The molecule has 4 atom stereocenters. The van der Waals surface area contributed by atoms with Gasteiger partial charge in [0.25, 0.3) is 0 Å². The summed E-state index contributed by atoms with van der Waals surface area (Å²) in [6.45, 7) is 7.10. The lowest BCUT2D eigenvalue weighted by atomic mass is 9.81. The van der Waals surface area contributed by atoms with Gasteiger partial charge in [-0.25, -0.2) is 8.78 Å². The Labute approximate surface area is 204 Å². The van der Waals surface area contributed by atoms with Gasteiger partial charge in [0.1, 0.15) is 5.84 Å². The first-order chi connectivity index (χ1) is 16.8. The van der Waals surface area contributed by atoms with Crippen LogP contribution in [0.15, 0.2) is 33.8 Å². The van der Waals surface area contributed by atoms with Gasteiger partial charge in [0.2, 0.25) is 17.7 Å². The van der Waals surface area contributed by atoms with Crippen LogP contribution in [0.5, 0.6) is 0 Å². The van der Waals surface area contributed by atoms with Gasteiger partial charge in [-0.05, 0) is 24.5 Å². The summed E-state index contributed by atoms with van der Waals surface area (Å²) in [7, 11) is 0. The van der Waals surface area contributed by atoms with Crippen molar-refractivity contribution in [2.45, 2.75) is 56.7 Å². The average molecular weight is 489 g/mol. The summed E-state index contributed by atoms with van der Waals surface area (Å²) in [6, 6.07) is 0.333. The number of halogens is 2. The van der Waals surface area contributed by atoms with E-state index in [2.05, 4.69) is 31.5 Å². The summed E-state index contributed by atoms with van der Waals surface area (Å²) in [5.74, 6) is -3.02. The maximum atomic E-state index is 13.0. The second-order valence-electron chi connectivity index (χ2n) is 10.4. The molecule has 1 saturated carbocycles. The minimum absolute atomic E-state index is 0.00675. The van der Waals surface area contributed by atoms with Crippen molar-refractivity contribution in [3.05, 3.63) is 23.8 Å². The van der Waals surface area contributed by atoms with E-state index in [1.807, 2.05) is 19.2 Å². The summed E-state index contributed by atoms with van der Waals surface area (Å²) >= 11 is 0. The molecule has 1 aliphatic carbocycles. The van der Waals surface area contributed by atoms with E-state index < -0.39 is 11.8 Å². The molecule has 190 valence electrons. The number of piperazine rings is 1. The highest BCUT2D eigenvalue weighted by Crippen LogP contribution is 2.42. The molecule has 0 aromatic carbocycles. The molecular formula is C25H34F2N6O2. The van der Waals surface area contributed by atoms with Crippen LogP contribution in [0, 0.1) is 11.8 Å². The number of rotatable bonds is 5. The molecule has 0 aromatic rings. The molecule has 8 nitrogen and oxygen atoms in total. The largest absolute Gasteiger partial charge is 0.347 e. The quantitative estimate of drug-likeness (QED) is 0.612. The Morgan fingerprint density at radius 1 is 1.26 bits per heavy atom. The minimum Gasteiger partial charge on any atom is -0.347 e. The molecule has 0 aromatic heterocycles. The van der Waals surface area contributed by atoms with E-state index in [1.54, 1.807) is 6.08 Å². The van der Waals surface area contributed by atoms with Crippen LogP contribution in [-0.2, 0) is 9.59 Å².